The maximum atomic E-state index is 13.0. The normalized spacial score (nSPS) is 11.7. The number of benzene rings is 3. The monoisotopic (exact) mass is 463 g/mol. The molecule has 3 aromatic carbocycles. The van der Waals surface area contributed by atoms with E-state index in [4.69, 9.17) is 0 Å². The molecule has 0 radical (unpaired) electrons. The number of hydrogen-bond acceptors (Lipinski definition) is 5. The van der Waals surface area contributed by atoms with Gasteiger partial charge >= 0.3 is 0 Å². The first-order chi connectivity index (χ1) is 15.5. The summed E-state index contributed by atoms with van der Waals surface area (Å²) in [7, 11) is -3.51. The van der Waals surface area contributed by atoms with Crippen LogP contribution in [-0.4, -0.2) is 23.2 Å². The second kappa shape index (κ2) is 9.71. The molecule has 0 N–H and O–H groups in total. The van der Waals surface area contributed by atoms with Crippen molar-refractivity contribution in [2.45, 2.75) is 41.4 Å². The molecule has 164 valence electrons. The van der Waals surface area contributed by atoms with Crippen LogP contribution in [0.3, 0.4) is 0 Å². The highest BCUT2D eigenvalue weighted by atomic mass is 32.2. The first-order valence-corrected chi connectivity index (χ1v) is 13.0. The average Bonchev–Trinajstić information content (AvgIpc) is 3.19. The maximum Gasteiger partial charge on any atom is 0.192 e. The van der Waals surface area contributed by atoms with E-state index in [2.05, 4.69) is 34.5 Å². The van der Waals surface area contributed by atoms with E-state index in [0.29, 0.717) is 22.4 Å². The zero-order valence-corrected chi connectivity index (χ0v) is 19.7. The number of hydrogen-bond donors (Lipinski definition) is 0. The van der Waals surface area contributed by atoms with E-state index in [-0.39, 0.29) is 11.0 Å². The van der Waals surface area contributed by atoms with Gasteiger partial charge in [-0.25, -0.2) is 8.42 Å². The molecule has 0 atom stereocenters. The average molecular weight is 464 g/mol. The molecule has 0 aliphatic carbocycles. The Balaban J connectivity index is 1.65. The molecule has 0 spiro atoms. The molecular weight excluding hydrogens is 438 g/mol. The van der Waals surface area contributed by atoms with Gasteiger partial charge in [0.15, 0.2) is 15.0 Å². The Morgan fingerprint density at radius 3 is 1.94 bits per heavy atom. The van der Waals surface area contributed by atoms with Crippen molar-refractivity contribution in [1.82, 2.24) is 14.8 Å². The van der Waals surface area contributed by atoms with Crippen molar-refractivity contribution in [3.8, 4) is 0 Å². The molecular formula is C25H25N3O2S2. The molecule has 0 fully saturated rings. The molecule has 0 saturated carbocycles. The molecule has 0 unspecified atom stereocenters. The van der Waals surface area contributed by atoms with Crippen molar-refractivity contribution in [2.75, 3.05) is 0 Å². The van der Waals surface area contributed by atoms with Crippen LogP contribution in [0.4, 0.5) is 0 Å². The third-order valence-electron chi connectivity index (χ3n) is 5.24. The lowest BCUT2D eigenvalue weighted by Gasteiger charge is -2.18. The lowest BCUT2D eigenvalue weighted by atomic mass is 10.0. The summed E-state index contributed by atoms with van der Waals surface area (Å²) in [6, 6.07) is 27.4. The molecule has 4 rings (SSSR count). The second-order valence-corrected chi connectivity index (χ2v) is 10.6. The van der Waals surface area contributed by atoms with Crippen LogP contribution in [0, 0.1) is 6.92 Å². The fourth-order valence-electron chi connectivity index (χ4n) is 3.52. The fraction of sp³-hybridized carbons (Fsp3) is 0.200. The minimum Gasteiger partial charge on any atom is -0.305 e. The number of rotatable bonds is 8. The summed E-state index contributed by atoms with van der Waals surface area (Å²) < 4.78 is 27.8. The fourth-order valence-corrected chi connectivity index (χ4v) is 6.04. The van der Waals surface area contributed by atoms with Gasteiger partial charge in [-0.15, -0.1) is 10.2 Å². The second-order valence-electron chi connectivity index (χ2n) is 7.53. The first kappa shape index (κ1) is 22.3. The molecule has 1 heterocycles. The number of aryl methyl sites for hydroxylation is 1. The molecule has 5 nitrogen and oxygen atoms in total. The van der Waals surface area contributed by atoms with E-state index in [1.165, 1.54) is 0 Å². The van der Waals surface area contributed by atoms with Crippen molar-refractivity contribution in [3.05, 3.63) is 107 Å². The minimum absolute atomic E-state index is 0.0217. The maximum absolute atomic E-state index is 13.0. The van der Waals surface area contributed by atoms with Crippen LogP contribution in [0.5, 0.6) is 0 Å². The van der Waals surface area contributed by atoms with E-state index >= 15 is 0 Å². The third kappa shape index (κ3) is 4.95. The highest BCUT2D eigenvalue weighted by Crippen LogP contribution is 2.40. The van der Waals surface area contributed by atoms with Gasteiger partial charge in [-0.2, -0.15) is 0 Å². The van der Waals surface area contributed by atoms with Crippen LogP contribution in [0.1, 0.15) is 34.7 Å². The van der Waals surface area contributed by atoms with Gasteiger partial charge in [-0.1, -0.05) is 90.1 Å². The van der Waals surface area contributed by atoms with Crippen LogP contribution < -0.4 is 0 Å². The zero-order chi connectivity index (χ0) is 22.6. The largest absolute Gasteiger partial charge is 0.305 e. The van der Waals surface area contributed by atoms with Crippen molar-refractivity contribution in [3.63, 3.8) is 0 Å². The summed E-state index contributed by atoms with van der Waals surface area (Å²) in [5.41, 5.74) is 3.33. The van der Waals surface area contributed by atoms with E-state index in [1.54, 1.807) is 23.9 Å². The zero-order valence-electron chi connectivity index (χ0n) is 18.0. The first-order valence-electron chi connectivity index (χ1n) is 10.5. The van der Waals surface area contributed by atoms with Crippen LogP contribution in [0.2, 0.25) is 0 Å². The van der Waals surface area contributed by atoms with Crippen LogP contribution in [-0.2, 0) is 22.1 Å². The summed E-state index contributed by atoms with van der Waals surface area (Å²) in [6.07, 6.45) is 0. The number of nitrogens with zero attached hydrogens (tertiary/aromatic N) is 3. The van der Waals surface area contributed by atoms with Gasteiger partial charge in [0.2, 0.25) is 0 Å². The van der Waals surface area contributed by atoms with Gasteiger partial charge in [0.25, 0.3) is 0 Å². The lowest BCUT2D eigenvalue weighted by Crippen LogP contribution is -2.11. The van der Waals surface area contributed by atoms with Crippen LogP contribution >= 0.6 is 11.8 Å². The SMILES string of the molecule is CCn1c(CS(=O)(=O)c2ccc(C)cc2)nnc1SC(c1ccccc1)c1ccccc1. The topological polar surface area (TPSA) is 64.8 Å². The van der Waals surface area contributed by atoms with E-state index in [1.807, 2.05) is 66.9 Å². The Hall–Kier alpha value is -2.90. The van der Waals surface area contributed by atoms with Crippen molar-refractivity contribution < 1.29 is 8.42 Å². The highest BCUT2D eigenvalue weighted by Gasteiger charge is 2.24. The van der Waals surface area contributed by atoms with Gasteiger partial charge in [0.1, 0.15) is 11.6 Å². The van der Waals surface area contributed by atoms with Crippen molar-refractivity contribution in [1.29, 1.82) is 0 Å². The third-order valence-corrected chi connectivity index (χ3v) is 8.16. The highest BCUT2D eigenvalue weighted by molar-refractivity contribution is 7.99. The minimum atomic E-state index is -3.51. The van der Waals surface area contributed by atoms with Gasteiger partial charge < -0.3 is 4.57 Å². The van der Waals surface area contributed by atoms with E-state index in [0.717, 1.165) is 16.7 Å². The van der Waals surface area contributed by atoms with Gasteiger partial charge in [-0.05, 0) is 37.1 Å². The molecule has 0 saturated heterocycles. The van der Waals surface area contributed by atoms with Gasteiger partial charge in [0, 0.05) is 6.54 Å². The lowest BCUT2D eigenvalue weighted by molar-refractivity contribution is 0.588. The summed E-state index contributed by atoms with van der Waals surface area (Å²) in [5, 5.41) is 9.38. The molecule has 0 amide bonds. The molecule has 1 aromatic heterocycles. The predicted octanol–water partition coefficient (Wildman–Crippen LogP) is 5.46. The summed E-state index contributed by atoms with van der Waals surface area (Å²) in [6.45, 7) is 4.50. The Labute approximate surface area is 193 Å². The van der Waals surface area contributed by atoms with Gasteiger partial charge in [-0.3, -0.25) is 0 Å². The Kier molecular flexibility index (Phi) is 6.77. The smallest absolute Gasteiger partial charge is 0.192 e. The van der Waals surface area contributed by atoms with E-state index < -0.39 is 9.84 Å². The van der Waals surface area contributed by atoms with Crippen LogP contribution in [0.25, 0.3) is 0 Å². The summed E-state index contributed by atoms with van der Waals surface area (Å²) in [4.78, 5) is 0.300. The predicted molar refractivity (Wildman–Crippen MR) is 128 cm³/mol. The van der Waals surface area contributed by atoms with Crippen LogP contribution in [0.15, 0.2) is 95.0 Å². The number of sulfone groups is 1. The van der Waals surface area contributed by atoms with Crippen molar-refractivity contribution in [2.24, 2.45) is 0 Å². The molecule has 0 aliphatic rings. The number of thioether (sulfide) groups is 1. The molecule has 7 heteroatoms. The summed E-state index contributed by atoms with van der Waals surface area (Å²) in [5.74, 6) is 0.272. The molecule has 0 bridgehead atoms. The Morgan fingerprint density at radius 1 is 0.844 bits per heavy atom. The van der Waals surface area contributed by atoms with Crippen molar-refractivity contribution >= 4 is 21.6 Å². The Morgan fingerprint density at radius 2 is 1.41 bits per heavy atom. The standard InChI is InChI=1S/C25H25N3O2S2/c1-3-28-23(18-32(29,30)22-16-14-19(2)15-17-22)26-27-25(28)31-24(20-10-6-4-7-11-20)21-12-8-5-9-13-21/h4-17,24H,3,18H2,1-2H3. The van der Waals surface area contributed by atoms with E-state index in [9.17, 15) is 8.42 Å². The Bertz CT molecular complexity index is 1230. The quantitative estimate of drug-likeness (QED) is 0.325. The number of aromatic nitrogens is 3. The molecule has 0 aliphatic heterocycles. The van der Waals surface area contributed by atoms with Gasteiger partial charge in [0.05, 0.1) is 10.1 Å². The molecule has 4 aromatic rings. The summed E-state index contributed by atoms with van der Waals surface area (Å²) >= 11 is 1.59. The molecule has 32 heavy (non-hydrogen) atoms.